The highest BCUT2D eigenvalue weighted by Gasteiger charge is 2.13. The van der Waals surface area contributed by atoms with Crippen molar-refractivity contribution >= 4 is 17.5 Å². The maximum Gasteiger partial charge on any atom is 0.224 e. The monoisotopic (exact) mass is 301 g/mol. The molecule has 110 valence electrons. The minimum atomic E-state index is -0.0171. The van der Waals surface area contributed by atoms with Gasteiger partial charge in [0.2, 0.25) is 5.91 Å². The number of carbonyl (C=O) groups excluding carboxylic acids is 1. The van der Waals surface area contributed by atoms with Crippen molar-refractivity contribution in [1.82, 2.24) is 5.32 Å². The second-order valence-electron chi connectivity index (χ2n) is 5.42. The van der Waals surface area contributed by atoms with E-state index >= 15 is 0 Å². The van der Waals surface area contributed by atoms with Crippen LogP contribution < -0.4 is 5.32 Å². The number of hydrogen-bond acceptors (Lipinski definition) is 1. The van der Waals surface area contributed by atoms with Crippen LogP contribution in [0, 0.1) is 13.8 Å². The number of rotatable bonds is 4. The van der Waals surface area contributed by atoms with Crippen molar-refractivity contribution in [3.8, 4) is 0 Å². The third-order valence-electron chi connectivity index (χ3n) is 3.59. The first kappa shape index (κ1) is 15.6. The predicted molar refractivity (Wildman–Crippen MR) is 87.6 cm³/mol. The Morgan fingerprint density at radius 2 is 1.90 bits per heavy atom. The van der Waals surface area contributed by atoms with E-state index in [4.69, 9.17) is 11.6 Å². The Balaban J connectivity index is 2.06. The van der Waals surface area contributed by atoms with Crippen LogP contribution in [0.3, 0.4) is 0 Å². The molecule has 0 aliphatic carbocycles. The molecule has 1 atom stereocenters. The summed E-state index contributed by atoms with van der Waals surface area (Å²) in [6.45, 7) is 6.12. The Labute approximate surface area is 131 Å². The van der Waals surface area contributed by atoms with E-state index in [1.165, 1.54) is 11.1 Å². The van der Waals surface area contributed by atoms with Crippen molar-refractivity contribution in [2.24, 2.45) is 0 Å². The van der Waals surface area contributed by atoms with E-state index in [0.717, 1.165) is 11.1 Å². The predicted octanol–water partition coefficient (Wildman–Crippen LogP) is 4.38. The summed E-state index contributed by atoms with van der Waals surface area (Å²) < 4.78 is 0. The molecule has 0 aromatic heterocycles. The molecule has 3 heteroatoms. The highest BCUT2D eigenvalue weighted by Crippen LogP contribution is 2.20. The zero-order valence-electron chi connectivity index (χ0n) is 12.6. The molecule has 0 aliphatic rings. The SMILES string of the molecule is Cc1ccc(C)c([C@@H](C)NC(=O)Cc2ccccc2Cl)c1. The highest BCUT2D eigenvalue weighted by atomic mass is 35.5. The second kappa shape index (κ2) is 6.77. The van der Waals surface area contributed by atoms with E-state index in [0.29, 0.717) is 11.4 Å². The Morgan fingerprint density at radius 1 is 1.19 bits per heavy atom. The van der Waals surface area contributed by atoms with Gasteiger partial charge >= 0.3 is 0 Å². The van der Waals surface area contributed by atoms with Gasteiger partial charge in [0.15, 0.2) is 0 Å². The molecule has 0 unspecified atom stereocenters. The number of hydrogen-bond donors (Lipinski definition) is 1. The maximum absolute atomic E-state index is 12.2. The van der Waals surface area contributed by atoms with Crippen LogP contribution in [0.5, 0.6) is 0 Å². The van der Waals surface area contributed by atoms with Crippen molar-refractivity contribution < 1.29 is 4.79 Å². The number of amides is 1. The molecule has 1 amide bonds. The summed E-state index contributed by atoms with van der Waals surface area (Å²) in [6, 6.07) is 13.7. The van der Waals surface area contributed by atoms with E-state index in [1.54, 1.807) is 6.07 Å². The Hall–Kier alpha value is -1.80. The topological polar surface area (TPSA) is 29.1 Å². The molecule has 2 nitrogen and oxygen atoms in total. The van der Waals surface area contributed by atoms with Gasteiger partial charge in [-0.1, -0.05) is 53.6 Å². The average Bonchev–Trinajstić information content (AvgIpc) is 2.44. The second-order valence-corrected chi connectivity index (χ2v) is 5.82. The maximum atomic E-state index is 12.2. The minimum absolute atomic E-state index is 0.0140. The van der Waals surface area contributed by atoms with E-state index in [1.807, 2.05) is 25.1 Å². The smallest absolute Gasteiger partial charge is 0.224 e. The molecular weight excluding hydrogens is 282 g/mol. The lowest BCUT2D eigenvalue weighted by Gasteiger charge is -2.17. The Bertz CT molecular complexity index is 651. The molecule has 2 aromatic rings. The molecule has 0 aliphatic heterocycles. The summed E-state index contributed by atoms with van der Waals surface area (Å²) in [5.41, 5.74) is 4.39. The lowest BCUT2D eigenvalue weighted by Crippen LogP contribution is -2.28. The van der Waals surface area contributed by atoms with Crippen LogP contribution in [0.4, 0.5) is 0 Å². The summed E-state index contributed by atoms with van der Waals surface area (Å²) in [4.78, 5) is 12.2. The van der Waals surface area contributed by atoms with Crippen LogP contribution >= 0.6 is 11.6 Å². The molecule has 0 fully saturated rings. The third-order valence-corrected chi connectivity index (χ3v) is 3.96. The van der Waals surface area contributed by atoms with Crippen LogP contribution in [-0.4, -0.2) is 5.91 Å². The van der Waals surface area contributed by atoms with Crippen molar-refractivity contribution in [3.05, 3.63) is 69.7 Å². The molecule has 1 N–H and O–H groups in total. The van der Waals surface area contributed by atoms with Gasteiger partial charge in [-0.3, -0.25) is 4.79 Å². The lowest BCUT2D eigenvalue weighted by atomic mass is 10.00. The van der Waals surface area contributed by atoms with Gasteiger partial charge in [0.1, 0.15) is 0 Å². The number of aryl methyl sites for hydroxylation is 2. The molecule has 0 spiro atoms. The van der Waals surface area contributed by atoms with Crippen LogP contribution in [0.2, 0.25) is 5.02 Å². The number of benzene rings is 2. The van der Waals surface area contributed by atoms with Gasteiger partial charge in [-0.15, -0.1) is 0 Å². The fourth-order valence-electron chi connectivity index (χ4n) is 2.41. The molecule has 0 radical (unpaired) electrons. The van der Waals surface area contributed by atoms with Crippen molar-refractivity contribution in [2.45, 2.75) is 33.2 Å². The van der Waals surface area contributed by atoms with E-state index in [9.17, 15) is 4.79 Å². The average molecular weight is 302 g/mol. The summed E-state index contributed by atoms with van der Waals surface area (Å²) in [7, 11) is 0. The van der Waals surface area contributed by atoms with E-state index in [2.05, 4.69) is 37.4 Å². The van der Waals surface area contributed by atoms with Gasteiger partial charge in [-0.05, 0) is 43.5 Å². The largest absolute Gasteiger partial charge is 0.349 e. The van der Waals surface area contributed by atoms with Crippen LogP contribution in [0.15, 0.2) is 42.5 Å². The van der Waals surface area contributed by atoms with Gasteiger partial charge in [-0.2, -0.15) is 0 Å². The van der Waals surface area contributed by atoms with Gasteiger partial charge in [-0.25, -0.2) is 0 Å². The standard InChI is InChI=1S/C18H20ClNO/c1-12-8-9-13(2)16(10-12)14(3)20-18(21)11-15-6-4-5-7-17(15)19/h4-10,14H,11H2,1-3H3,(H,20,21)/t14-/m1/s1. The zero-order chi connectivity index (χ0) is 15.4. The number of carbonyl (C=O) groups is 1. The molecule has 0 saturated heterocycles. The summed E-state index contributed by atoms with van der Waals surface area (Å²) in [5, 5.41) is 3.67. The first-order chi connectivity index (χ1) is 9.97. The molecule has 0 heterocycles. The van der Waals surface area contributed by atoms with Gasteiger partial charge < -0.3 is 5.32 Å². The van der Waals surface area contributed by atoms with Gasteiger partial charge in [0, 0.05) is 5.02 Å². The summed E-state index contributed by atoms with van der Waals surface area (Å²) in [6.07, 6.45) is 0.300. The van der Waals surface area contributed by atoms with Crippen molar-refractivity contribution in [1.29, 1.82) is 0 Å². The molecule has 2 aromatic carbocycles. The Morgan fingerprint density at radius 3 is 2.62 bits per heavy atom. The molecule has 2 rings (SSSR count). The lowest BCUT2D eigenvalue weighted by molar-refractivity contribution is -0.121. The van der Waals surface area contributed by atoms with E-state index in [-0.39, 0.29) is 11.9 Å². The van der Waals surface area contributed by atoms with Crippen molar-refractivity contribution in [3.63, 3.8) is 0 Å². The fraction of sp³-hybridized carbons (Fsp3) is 0.278. The van der Waals surface area contributed by atoms with Gasteiger partial charge in [0.05, 0.1) is 12.5 Å². The molecule has 0 saturated carbocycles. The summed E-state index contributed by atoms with van der Waals surface area (Å²) in [5.74, 6) is -0.0171. The first-order valence-corrected chi connectivity index (χ1v) is 7.45. The number of halogens is 1. The normalized spacial score (nSPS) is 12.0. The minimum Gasteiger partial charge on any atom is -0.349 e. The first-order valence-electron chi connectivity index (χ1n) is 7.07. The zero-order valence-corrected chi connectivity index (χ0v) is 13.4. The molecular formula is C18H20ClNO. The van der Waals surface area contributed by atoms with Crippen LogP contribution in [-0.2, 0) is 11.2 Å². The Kier molecular flexibility index (Phi) is 5.03. The molecule has 0 bridgehead atoms. The third kappa shape index (κ3) is 4.08. The summed E-state index contributed by atoms with van der Waals surface area (Å²) >= 11 is 6.09. The van der Waals surface area contributed by atoms with Crippen molar-refractivity contribution in [2.75, 3.05) is 0 Å². The fourth-order valence-corrected chi connectivity index (χ4v) is 2.61. The highest BCUT2D eigenvalue weighted by molar-refractivity contribution is 6.31. The quantitative estimate of drug-likeness (QED) is 0.892. The van der Waals surface area contributed by atoms with Crippen LogP contribution in [0.1, 0.15) is 35.2 Å². The molecule has 21 heavy (non-hydrogen) atoms. The van der Waals surface area contributed by atoms with Crippen LogP contribution in [0.25, 0.3) is 0 Å². The number of nitrogens with one attached hydrogen (secondary N) is 1. The van der Waals surface area contributed by atoms with Gasteiger partial charge in [0.25, 0.3) is 0 Å². The van der Waals surface area contributed by atoms with E-state index < -0.39 is 0 Å².